The number of carbonyl (C=O) groups excluding carboxylic acids is 1. The fraction of sp³-hybridized carbons (Fsp3) is 0.333. The summed E-state index contributed by atoms with van der Waals surface area (Å²) in [5.41, 5.74) is -0.181. The Balaban J connectivity index is 3.01. The van der Waals surface area contributed by atoms with E-state index in [0.717, 1.165) is 11.0 Å². The summed E-state index contributed by atoms with van der Waals surface area (Å²) in [6.45, 7) is -0.267. The summed E-state index contributed by atoms with van der Waals surface area (Å²) in [4.78, 5) is 23.9. The largest absolute Gasteiger partial charge is 0.480 e. The Morgan fingerprint density at radius 3 is 2.68 bits per heavy atom. The van der Waals surface area contributed by atoms with Crippen LogP contribution in [0.15, 0.2) is 22.7 Å². The Morgan fingerprint density at radius 2 is 2.16 bits per heavy atom. The molecule has 5 nitrogen and oxygen atoms in total. The standard InChI is InChI=1S/C12H13BrFNO4/c1-19-6-5-15(7-10(16)17)12(18)11-8(13)3-2-4-9(11)14/h2-4H,5-7H2,1H3,(H,16,17). The van der Waals surface area contributed by atoms with Gasteiger partial charge in [-0.3, -0.25) is 9.59 Å². The Morgan fingerprint density at radius 1 is 1.47 bits per heavy atom. The first kappa shape index (κ1) is 15.6. The number of carbonyl (C=O) groups is 2. The molecule has 0 radical (unpaired) electrons. The molecule has 104 valence electrons. The molecule has 0 bridgehead atoms. The van der Waals surface area contributed by atoms with Gasteiger partial charge in [0.05, 0.1) is 12.2 Å². The summed E-state index contributed by atoms with van der Waals surface area (Å²) < 4.78 is 18.8. The van der Waals surface area contributed by atoms with Crippen LogP contribution in [-0.2, 0) is 9.53 Å². The van der Waals surface area contributed by atoms with Crippen LogP contribution in [0.5, 0.6) is 0 Å². The van der Waals surface area contributed by atoms with E-state index in [1.165, 1.54) is 19.2 Å². The number of benzene rings is 1. The second kappa shape index (κ2) is 7.20. The first-order chi connectivity index (χ1) is 8.97. The summed E-state index contributed by atoms with van der Waals surface area (Å²) in [6, 6.07) is 4.12. The number of ether oxygens (including phenoxy) is 1. The van der Waals surface area contributed by atoms with Crippen molar-refractivity contribution in [2.45, 2.75) is 0 Å². The van der Waals surface area contributed by atoms with E-state index < -0.39 is 24.2 Å². The average molecular weight is 334 g/mol. The third-order valence-corrected chi connectivity index (χ3v) is 3.02. The van der Waals surface area contributed by atoms with Gasteiger partial charge in [-0.25, -0.2) is 4.39 Å². The van der Waals surface area contributed by atoms with Crippen molar-refractivity contribution in [1.29, 1.82) is 0 Å². The predicted molar refractivity (Wildman–Crippen MR) is 69.5 cm³/mol. The van der Waals surface area contributed by atoms with Gasteiger partial charge in [-0.1, -0.05) is 6.07 Å². The van der Waals surface area contributed by atoms with E-state index >= 15 is 0 Å². The average Bonchev–Trinajstić information content (AvgIpc) is 2.33. The molecule has 0 aliphatic rings. The van der Waals surface area contributed by atoms with Gasteiger partial charge in [0.15, 0.2) is 0 Å². The van der Waals surface area contributed by atoms with Gasteiger partial charge in [0.25, 0.3) is 5.91 Å². The first-order valence-corrected chi connectivity index (χ1v) is 6.20. The van der Waals surface area contributed by atoms with Crippen molar-refractivity contribution in [2.75, 3.05) is 26.8 Å². The monoisotopic (exact) mass is 333 g/mol. The quantitative estimate of drug-likeness (QED) is 0.861. The van der Waals surface area contributed by atoms with Gasteiger partial charge in [0, 0.05) is 18.1 Å². The van der Waals surface area contributed by atoms with Crippen LogP contribution in [0.4, 0.5) is 4.39 Å². The van der Waals surface area contributed by atoms with Crippen LogP contribution in [0, 0.1) is 5.82 Å². The number of amides is 1. The van der Waals surface area contributed by atoms with Gasteiger partial charge in [-0.05, 0) is 28.1 Å². The molecule has 0 heterocycles. The van der Waals surface area contributed by atoms with Gasteiger partial charge in [-0.2, -0.15) is 0 Å². The highest BCUT2D eigenvalue weighted by atomic mass is 79.9. The van der Waals surface area contributed by atoms with Crippen molar-refractivity contribution in [3.8, 4) is 0 Å². The molecule has 0 aromatic heterocycles. The minimum Gasteiger partial charge on any atom is -0.480 e. The molecule has 0 unspecified atom stereocenters. The number of halogens is 2. The molecule has 0 atom stereocenters. The summed E-state index contributed by atoms with van der Waals surface area (Å²) >= 11 is 3.08. The molecular formula is C12H13BrFNO4. The lowest BCUT2D eigenvalue weighted by Gasteiger charge is -2.21. The summed E-state index contributed by atoms with van der Waals surface area (Å²) in [7, 11) is 1.43. The number of hydrogen-bond donors (Lipinski definition) is 1. The highest BCUT2D eigenvalue weighted by Gasteiger charge is 2.23. The Labute approximate surface area is 118 Å². The molecule has 7 heteroatoms. The van der Waals surface area contributed by atoms with Crippen molar-refractivity contribution in [3.05, 3.63) is 34.1 Å². The number of nitrogens with zero attached hydrogens (tertiary/aromatic N) is 1. The number of carboxylic acids is 1. The second-order valence-electron chi connectivity index (χ2n) is 3.71. The molecule has 1 rings (SSSR count). The fourth-order valence-electron chi connectivity index (χ4n) is 1.48. The molecule has 0 aliphatic heterocycles. The van der Waals surface area contributed by atoms with Gasteiger partial charge in [0.1, 0.15) is 12.4 Å². The van der Waals surface area contributed by atoms with Crippen LogP contribution in [0.2, 0.25) is 0 Å². The molecule has 1 aromatic carbocycles. The third-order valence-electron chi connectivity index (χ3n) is 2.36. The minimum absolute atomic E-state index is 0.0718. The lowest BCUT2D eigenvalue weighted by molar-refractivity contribution is -0.137. The van der Waals surface area contributed by atoms with Crippen LogP contribution < -0.4 is 0 Å². The van der Waals surface area contributed by atoms with Crippen molar-refractivity contribution in [3.63, 3.8) is 0 Å². The van der Waals surface area contributed by atoms with E-state index in [-0.39, 0.29) is 23.2 Å². The van der Waals surface area contributed by atoms with Crippen LogP contribution in [0.1, 0.15) is 10.4 Å². The van der Waals surface area contributed by atoms with Crippen molar-refractivity contribution in [1.82, 2.24) is 4.90 Å². The smallest absolute Gasteiger partial charge is 0.323 e. The number of carboxylic acid groups (broad SMARTS) is 1. The molecular weight excluding hydrogens is 321 g/mol. The number of aliphatic carboxylic acids is 1. The van der Waals surface area contributed by atoms with Crippen molar-refractivity contribution in [2.24, 2.45) is 0 Å². The molecule has 0 saturated carbocycles. The van der Waals surface area contributed by atoms with E-state index in [9.17, 15) is 14.0 Å². The van der Waals surface area contributed by atoms with Crippen molar-refractivity contribution < 1.29 is 23.8 Å². The lowest BCUT2D eigenvalue weighted by Crippen LogP contribution is -2.38. The molecule has 1 N–H and O–H groups in total. The van der Waals surface area contributed by atoms with Crippen molar-refractivity contribution >= 4 is 27.8 Å². The number of methoxy groups -OCH3 is 1. The highest BCUT2D eigenvalue weighted by Crippen LogP contribution is 2.21. The fourth-order valence-corrected chi connectivity index (χ4v) is 1.99. The molecule has 0 fully saturated rings. The van der Waals surface area contributed by atoms with Gasteiger partial charge < -0.3 is 14.7 Å². The maximum atomic E-state index is 13.7. The highest BCUT2D eigenvalue weighted by molar-refractivity contribution is 9.10. The van der Waals surface area contributed by atoms with Crippen LogP contribution in [0.25, 0.3) is 0 Å². The predicted octanol–water partition coefficient (Wildman–Crippen LogP) is 1.76. The third kappa shape index (κ3) is 4.29. The molecule has 1 amide bonds. The Hall–Kier alpha value is -1.47. The number of rotatable bonds is 6. The summed E-state index contributed by atoms with van der Waals surface area (Å²) in [5.74, 6) is -2.56. The van der Waals surface area contributed by atoms with E-state index in [4.69, 9.17) is 9.84 Å². The van der Waals surface area contributed by atoms with Gasteiger partial charge in [0.2, 0.25) is 0 Å². The maximum absolute atomic E-state index is 13.7. The minimum atomic E-state index is -1.17. The summed E-state index contributed by atoms with van der Waals surface area (Å²) in [5, 5.41) is 8.78. The van der Waals surface area contributed by atoms with E-state index in [2.05, 4.69) is 15.9 Å². The van der Waals surface area contributed by atoms with Gasteiger partial charge in [-0.15, -0.1) is 0 Å². The first-order valence-electron chi connectivity index (χ1n) is 5.41. The zero-order chi connectivity index (χ0) is 14.4. The Bertz CT molecular complexity index is 461. The van der Waals surface area contributed by atoms with Crippen LogP contribution >= 0.6 is 15.9 Å². The SMILES string of the molecule is COCCN(CC(=O)O)C(=O)c1c(F)cccc1Br. The molecule has 0 spiro atoms. The molecule has 0 saturated heterocycles. The molecule has 0 aliphatic carbocycles. The van der Waals surface area contributed by atoms with Crippen LogP contribution in [-0.4, -0.2) is 48.7 Å². The van der Waals surface area contributed by atoms with Gasteiger partial charge >= 0.3 is 5.97 Å². The Kier molecular flexibility index (Phi) is 5.91. The van der Waals surface area contributed by atoms with E-state index in [0.29, 0.717) is 0 Å². The zero-order valence-corrected chi connectivity index (χ0v) is 11.8. The molecule has 1 aromatic rings. The lowest BCUT2D eigenvalue weighted by atomic mass is 10.2. The van der Waals surface area contributed by atoms with E-state index in [1.54, 1.807) is 0 Å². The summed E-state index contributed by atoms with van der Waals surface area (Å²) in [6.07, 6.45) is 0. The topological polar surface area (TPSA) is 66.8 Å². The normalized spacial score (nSPS) is 10.3. The second-order valence-corrected chi connectivity index (χ2v) is 4.56. The van der Waals surface area contributed by atoms with E-state index in [1.807, 2.05) is 0 Å². The number of hydrogen-bond acceptors (Lipinski definition) is 3. The maximum Gasteiger partial charge on any atom is 0.323 e. The van der Waals surface area contributed by atoms with Crippen LogP contribution in [0.3, 0.4) is 0 Å². The zero-order valence-electron chi connectivity index (χ0n) is 10.2. The molecule has 19 heavy (non-hydrogen) atoms.